The van der Waals surface area contributed by atoms with Crippen molar-refractivity contribution in [2.75, 3.05) is 13.7 Å². The van der Waals surface area contributed by atoms with Crippen molar-refractivity contribution in [1.82, 2.24) is 0 Å². The predicted molar refractivity (Wildman–Crippen MR) is 68.3 cm³/mol. The highest BCUT2D eigenvalue weighted by Gasteiger charge is 2.17. The second kappa shape index (κ2) is 5.52. The van der Waals surface area contributed by atoms with Gasteiger partial charge in [-0.2, -0.15) is 0 Å². The van der Waals surface area contributed by atoms with Gasteiger partial charge in [-0.3, -0.25) is 0 Å². The number of methoxy groups -OCH3 is 1. The van der Waals surface area contributed by atoms with Crippen LogP contribution in [0.2, 0.25) is 0 Å². The molecule has 0 radical (unpaired) electrons. The Balaban J connectivity index is 2.07. The van der Waals surface area contributed by atoms with Crippen LogP contribution in [-0.2, 0) is 11.2 Å². The second-order valence-electron chi connectivity index (χ2n) is 4.72. The molecule has 0 amide bonds. The summed E-state index contributed by atoms with van der Waals surface area (Å²) in [4.78, 5) is 0. The molecule has 2 N–H and O–H groups in total. The third-order valence-electron chi connectivity index (χ3n) is 3.37. The van der Waals surface area contributed by atoms with Crippen LogP contribution in [0.4, 0.5) is 0 Å². The fourth-order valence-corrected chi connectivity index (χ4v) is 2.19. The number of nitrogens with two attached hydrogens (primary N) is 1. The molecule has 0 saturated heterocycles. The molecule has 0 aromatic heterocycles. The minimum absolute atomic E-state index is 0.111. The Labute approximate surface area is 103 Å². The lowest BCUT2D eigenvalue weighted by Crippen LogP contribution is -2.19. The fraction of sp³-hybridized carbons (Fsp3) is 0.571. The first-order valence-electron chi connectivity index (χ1n) is 6.24. The molecule has 0 aliphatic heterocycles. The first kappa shape index (κ1) is 12.4. The number of benzene rings is 1. The summed E-state index contributed by atoms with van der Waals surface area (Å²) >= 11 is 0. The summed E-state index contributed by atoms with van der Waals surface area (Å²) in [6, 6.07) is 6.42. The highest BCUT2D eigenvalue weighted by atomic mass is 16.5. The van der Waals surface area contributed by atoms with Gasteiger partial charge in [0.05, 0.1) is 6.10 Å². The van der Waals surface area contributed by atoms with Crippen molar-refractivity contribution in [2.24, 2.45) is 5.73 Å². The quantitative estimate of drug-likeness (QED) is 0.871. The summed E-state index contributed by atoms with van der Waals surface area (Å²) in [6.45, 7) is 2.56. The van der Waals surface area contributed by atoms with Gasteiger partial charge in [-0.15, -0.1) is 0 Å². The van der Waals surface area contributed by atoms with Crippen LogP contribution in [0.15, 0.2) is 18.2 Å². The van der Waals surface area contributed by atoms with Crippen molar-refractivity contribution in [2.45, 2.75) is 38.3 Å². The number of hydrogen-bond acceptors (Lipinski definition) is 3. The van der Waals surface area contributed by atoms with E-state index in [4.69, 9.17) is 15.2 Å². The standard InChI is InChI=1S/C14H21NO2/c1-10(16-2)9-17-12-7-6-11-4-3-5-14(15)13(11)8-12/h6-8,10,14H,3-5,9,15H2,1-2H3/t10?,14-/m0/s1. The molecule has 0 heterocycles. The van der Waals surface area contributed by atoms with Gasteiger partial charge in [-0.05, 0) is 49.4 Å². The van der Waals surface area contributed by atoms with Gasteiger partial charge < -0.3 is 15.2 Å². The molecule has 1 aromatic rings. The van der Waals surface area contributed by atoms with Crippen molar-refractivity contribution < 1.29 is 9.47 Å². The molecule has 94 valence electrons. The van der Waals surface area contributed by atoms with Crippen molar-refractivity contribution in [3.8, 4) is 5.75 Å². The molecule has 3 heteroatoms. The molecule has 1 aliphatic carbocycles. The van der Waals surface area contributed by atoms with Crippen molar-refractivity contribution in [3.63, 3.8) is 0 Å². The minimum atomic E-state index is 0.111. The topological polar surface area (TPSA) is 44.5 Å². The average Bonchev–Trinajstić information content (AvgIpc) is 2.36. The Morgan fingerprint density at radius 2 is 2.29 bits per heavy atom. The number of ether oxygens (including phenoxy) is 2. The van der Waals surface area contributed by atoms with Crippen LogP contribution < -0.4 is 10.5 Å². The summed E-state index contributed by atoms with van der Waals surface area (Å²) in [5.41, 5.74) is 8.74. The molecule has 0 bridgehead atoms. The molecule has 3 nitrogen and oxygen atoms in total. The third-order valence-corrected chi connectivity index (χ3v) is 3.37. The van der Waals surface area contributed by atoms with E-state index in [0.717, 1.165) is 18.6 Å². The monoisotopic (exact) mass is 235 g/mol. The van der Waals surface area contributed by atoms with Crippen molar-refractivity contribution in [3.05, 3.63) is 29.3 Å². The van der Waals surface area contributed by atoms with Gasteiger partial charge in [0, 0.05) is 13.2 Å². The number of rotatable bonds is 4. The first-order chi connectivity index (χ1) is 8.20. The molecule has 0 spiro atoms. The first-order valence-corrected chi connectivity index (χ1v) is 6.24. The van der Waals surface area contributed by atoms with Crippen LogP contribution >= 0.6 is 0 Å². The lowest BCUT2D eigenvalue weighted by Gasteiger charge is -2.23. The summed E-state index contributed by atoms with van der Waals surface area (Å²) in [5.74, 6) is 0.894. The number of fused-ring (bicyclic) bond motifs is 1. The molecule has 1 aliphatic rings. The molecular formula is C14H21NO2. The maximum atomic E-state index is 6.12. The fourth-order valence-electron chi connectivity index (χ4n) is 2.19. The Hall–Kier alpha value is -1.06. The molecule has 0 saturated carbocycles. The number of hydrogen-bond donors (Lipinski definition) is 1. The van der Waals surface area contributed by atoms with E-state index in [1.54, 1.807) is 7.11 Å². The van der Waals surface area contributed by atoms with Crippen LogP contribution in [0, 0.1) is 0 Å². The minimum Gasteiger partial charge on any atom is -0.491 e. The molecule has 2 rings (SSSR count). The lowest BCUT2D eigenvalue weighted by atomic mass is 9.88. The van der Waals surface area contributed by atoms with Crippen LogP contribution in [0.5, 0.6) is 5.75 Å². The Morgan fingerprint density at radius 1 is 1.47 bits per heavy atom. The Bertz CT molecular complexity index is 378. The smallest absolute Gasteiger partial charge is 0.119 e. The maximum Gasteiger partial charge on any atom is 0.119 e. The lowest BCUT2D eigenvalue weighted by molar-refractivity contribution is 0.0716. The zero-order chi connectivity index (χ0) is 12.3. The predicted octanol–water partition coefficient (Wildman–Crippen LogP) is 2.44. The van der Waals surface area contributed by atoms with E-state index in [1.807, 2.05) is 13.0 Å². The van der Waals surface area contributed by atoms with Crippen LogP contribution in [-0.4, -0.2) is 19.8 Å². The highest BCUT2D eigenvalue weighted by Crippen LogP contribution is 2.30. The van der Waals surface area contributed by atoms with Crippen molar-refractivity contribution in [1.29, 1.82) is 0 Å². The Morgan fingerprint density at radius 3 is 3.06 bits per heavy atom. The van der Waals surface area contributed by atoms with E-state index in [9.17, 15) is 0 Å². The zero-order valence-corrected chi connectivity index (χ0v) is 10.6. The molecule has 2 atom stereocenters. The van der Waals surface area contributed by atoms with Crippen LogP contribution in [0.3, 0.4) is 0 Å². The van der Waals surface area contributed by atoms with E-state index >= 15 is 0 Å². The molecule has 1 aromatic carbocycles. The van der Waals surface area contributed by atoms with E-state index in [2.05, 4.69) is 12.1 Å². The van der Waals surface area contributed by atoms with Crippen LogP contribution in [0.25, 0.3) is 0 Å². The molecule has 17 heavy (non-hydrogen) atoms. The zero-order valence-electron chi connectivity index (χ0n) is 10.6. The average molecular weight is 235 g/mol. The summed E-state index contributed by atoms with van der Waals surface area (Å²) in [5, 5.41) is 0. The number of aryl methyl sites for hydroxylation is 1. The normalized spacial score (nSPS) is 20.8. The van der Waals surface area contributed by atoms with Gasteiger partial charge in [-0.1, -0.05) is 6.07 Å². The van der Waals surface area contributed by atoms with Gasteiger partial charge in [0.25, 0.3) is 0 Å². The Kier molecular flexibility index (Phi) is 4.02. The highest BCUT2D eigenvalue weighted by molar-refractivity contribution is 5.39. The van der Waals surface area contributed by atoms with Gasteiger partial charge in [0.2, 0.25) is 0 Å². The van der Waals surface area contributed by atoms with Crippen LogP contribution in [0.1, 0.15) is 36.9 Å². The molecule has 1 unspecified atom stereocenters. The van der Waals surface area contributed by atoms with Crippen molar-refractivity contribution >= 4 is 0 Å². The molecule has 0 fully saturated rings. The summed E-state index contributed by atoms with van der Waals surface area (Å²) in [7, 11) is 1.69. The van der Waals surface area contributed by atoms with Gasteiger partial charge in [-0.25, -0.2) is 0 Å². The summed E-state index contributed by atoms with van der Waals surface area (Å²) in [6.07, 6.45) is 3.51. The SMILES string of the molecule is COC(C)COc1ccc2c(c1)[C@@H](N)CCC2. The third kappa shape index (κ3) is 2.99. The van der Waals surface area contributed by atoms with Gasteiger partial charge >= 0.3 is 0 Å². The van der Waals surface area contributed by atoms with E-state index in [-0.39, 0.29) is 12.1 Å². The molecular weight excluding hydrogens is 214 g/mol. The largest absolute Gasteiger partial charge is 0.491 e. The second-order valence-corrected chi connectivity index (χ2v) is 4.72. The van der Waals surface area contributed by atoms with E-state index in [0.29, 0.717) is 6.61 Å². The van der Waals surface area contributed by atoms with E-state index < -0.39 is 0 Å². The van der Waals surface area contributed by atoms with E-state index in [1.165, 1.54) is 17.5 Å². The van der Waals surface area contributed by atoms with Gasteiger partial charge in [0.1, 0.15) is 12.4 Å². The van der Waals surface area contributed by atoms with Gasteiger partial charge in [0.15, 0.2) is 0 Å². The summed E-state index contributed by atoms with van der Waals surface area (Å²) < 4.78 is 10.8. The maximum absolute atomic E-state index is 6.12.